The van der Waals surface area contributed by atoms with Gasteiger partial charge in [-0.1, -0.05) is 0 Å². The van der Waals surface area contributed by atoms with Gasteiger partial charge in [0.1, 0.15) is 17.5 Å². The van der Waals surface area contributed by atoms with E-state index in [4.69, 9.17) is 0 Å². The van der Waals surface area contributed by atoms with Crippen LogP contribution in [-0.2, 0) is 0 Å². The molecular formula is C20H13F3N4OS. The second-order valence-corrected chi connectivity index (χ2v) is 6.97. The van der Waals surface area contributed by atoms with E-state index in [0.29, 0.717) is 22.5 Å². The molecule has 9 heteroatoms. The Morgan fingerprint density at radius 2 is 1.83 bits per heavy atom. The number of hydrogen-bond donors (Lipinski definition) is 1. The lowest BCUT2D eigenvalue weighted by Gasteiger charge is -2.09. The number of imidazole rings is 1. The van der Waals surface area contributed by atoms with Crippen LogP contribution >= 0.6 is 11.3 Å². The Kier molecular flexibility index (Phi) is 4.89. The molecule has 0 spiro atoms. The summed E-state index contributed by atoms with van der Waals surface area (Å²) in [7, 11) is 0. The van der Waals surface area contributed by atoms with Crippen molar-refractivity contribution in [3.8, 4) is 16.4 Å². The fraction of sp³-hybridized carbons (Fsp3) is 0.0500. The average Bonchev–Trinajstić information content (AvgIpc) is 3.31. The van der Waals surface area contributed by atoms with Gasteiger partial charge in [0, 0.05) is 16.5 Å². The summed E-state index contributed by atoms with van der Waals surface area (Å²) in [6.07, 6.45) is 1.45. The summed E-state index contributed by atoms with van der Waals surface area (Å²) in [5.74, 6) is -2.18. The lowest BCUT2D eigenvalue weighted by atomic mass is 10.2. The highest BCUT2D eigenvalue weighted by Crippen LogP contribution is 2.27. The Bertz CT molecular complexity index is 1200. The molecule has 0 saturated carbocycles. The highest BCUT2D eigenvalue weighted by molar-refractivity contribution is 7.12. The van der Waals surface area contributed by atoms with Gasteiger partial charge in [-0.3, -0.25) is 9.36 Å². The Hall–Kier alpha value is -3.46. The summed E-state index contributed by atoms with van der Waals surface area (Å²) in [4.78, 5) is 21.2. The van der Waals surface area contributed by atoms with E-state index in [2.05, 4.69) is 15.3 Å². The molecule has 146 valence electrons. The zero-order valence-corrected chi connectivity index (χ0v) is 15.8. The van der Waals surface area contributed by atoms with E-state index in [9.17, 15) is 18.0 Å². The predicted octanol–water partition coefficient (Wildman–Crippen LogP) is 4.97. The van der Waals surface area contributed by atoms with Crippen molar-refractivity contribution in [3.05, 3.63) is 82.9 Å². The minimum absolute atomic E-state index is 0.0274. The minimum atomic E-state index is -1.11. The molecule has 0 fully saturated rings. The number of amides is 1. The number of rotatable bonds is 4. The highest BCUT2D eigenvalue weighted by Gasteiger charge is 2.17. The van der Waals surface area contributed by atoms with Gasteiger partial charge in [0.05, 0.1) is 11.9 Å². The van der Waals surface area contributed by atoms with Crippen LogP contribution in [0.4, 0.5) is 19.0 Å². The van der Waals surface area contributed by atoms with Crippen molar-refractivity contribution in [2.45, 2.75) is 6.92 Å². The second kappa shape index (κ2) is 7.51. The van der Waals surface area contributed by atoms with Crippen molar-refractivity contribution in [2.75, 3.05) is 5.32 Å². The van der Waals surface area contributed by atoms with Gasteiger partial charge in [0.2, 0.25) is 0 Å². The fourth-order valence-corrected chi connectivity index (χ4v) is 3.61. The van der Waals surface area contributed by atoms with Crippen LogP contribution in [0.3, 0.4) is 0 Å². The molecule has 0 radical (unpaired) electrons. The van der Waals surface area contributed by atoms with Gasteiger partial charge < -0.3 is 5.32 Å². The monoisotopic (exact) mass is 414 g/mol. The van der Waals surface area contributed by atoms with Crippen LogP contribution in [0.25, 0.3) is 16.4 Å². The molecule has 2 aromatic heterocycles. The Labute approximate surface area is 167 Å². The van der Waals surface area contributed by atoms with Crippen LogP contribution in [0.5, 0.6) is 0 Å². The van der Waals surface area contributed by atoms with Crippen molar-refractivity contribution >= 4 is 23.1 Å². The van der Waals surface area contributed by atoms with Crippen LogP contribution in [-0.4, -0.2) is 20.4 Å². The molecule has 0 bridgehead atoms. The number of hydrogen-bond acceptors (Lipinski definition) is 4. The number of nitrogens with zero attached hydrogens (tertiary/aromatic N) is 3. The quantitative estimate of drug-likeness (QED) is 0.513. The first kappa shape index (κ1) is 18.9. The van der Waals surface area contributed by atoms with Crippen LogP contribution < -0.4 is 5.32 Å². The lowest BCUT2D eigenvalue weighted by Crippen LogP contribution is -2.15. The number of benzene rings is 2. The molecule has 2 heterocycles. The van der Waals surface area contributed by atoms with Crippen LogP contribution in [0.15, 0.2) is 54.0 Å². The van der Waals surface area contributed by atoms with E-state index in [-0.39, 0.29) is 11.4 Å². The first-order valence-corrected chi connectivity index (χ1v) is 9.33. The third kappa shape index (κ3) is 3.77. The third-order valence-corrected chi connectivity index (χ3v) is 5.01. The fourth-order valence-electron chi connectivity index (χ4n) is 2.72. The number of aryl methyl sites for hydroxylation is 1. The van der Waals surface area contributed by atoms with Gasteiger partial charge in [-0.15, -0.1) is 11.3 Å². The van der Waals surface area contributed by atoms with Gasteiger partial charge in [0.25, 0.3) is 5.91 Å². The molecule has 0 saturated heterocycles. The summed E-state index contributed by atoms with van der Waals surface area (Å²) in [6, 6.07) is 8.87. The molecule has 0 aliphatic rings. The summed E-state index contributed by atoms with van der Waals surface area (Å²) < 4.78 is 41.3. The summed E-state index contributed by atoms with van der Waals surface area (Å²) in [5.41, 5.74) is 1.37. The predicted molar refractivity (Wildman–Crippen MR) is 104 cm³/mol. The van der Waals surface area contributed by atoms with E-state index < -0.39 is 17.5 Å². The molecule has 0 aliphatic carbocycles. The van der Waals surface area contributed by atoms with Gasteiger partial charge in [-0.2, -0.15) is 0 Å². The number of thiazole rings is 1. The maximum Gasteiger partial charge on any atom is 0.256 e. The number of anilines is 1. The third-order valence-electron chi connectivity index (χ3n) is 4.18. The van der Waals surface area contributed by atoms with Crippen LogP contribution in [0.2, 0.25) is 0 Å². The number of carbonyl (C=O) groups excluding carboxylic acids is 1. The van der Waals surface area contributed by atoms with E-state index in [1.54, 1.807) is 23.6 Å². The van der Waals surface area contributed by atoms with E-state index in [0.717, 1.165) is 17.7 Å². The molecule has 4 rings (SSSR count). The topological polar surface area (TPSA) is 59.8 Å². The highest BCUT2D eigenvalue weighted by atomic mass is 32.1. The van der Waals surface area contributed by atoms with Crippen molar-refractivity contribution in [1.29, 1.82) is 0 Å². The first-order valence-electron chi connectivity index (χ1n) is 8.45. The molecule has 1 N–H and O–H groups in total. The van der Waals surface area contributed by atoms with Crippen LogP contribution in [0.1, 0.15) is 16.2 Å². The standard InChI is InChI=1S/C20H13F3N4OS/c1-11-24-9-18(26-19(28)13-4-7-15(22)16(23)8-13)27(11)20-25-17(10-29-20)12-2-5-14(21)6-3-12/h2-10H,1H3,(H,26,28). The molecule has 1 amide bonds. The van der Waals surface area contributed by atoms with Gasteiger partial charge in [0.15, 0.2) is 16.8 Å². The van der Waals surface area contributed by atoms with Crippen molar-refractivity contribution in [2.24, 2.45) is 0 Å². The van der Waals surface area contributed by atoms with Crippen LogP contribution in [0, 0.1) is 24.4 Å². The molecule has 5 nitrogen and oxygen atoms in total. The second-order valence-electron chi connectivity index (χ2n) is 6.13. The van der Waals surface area contributed by atoms with Crippen molar-refractivity contribution < 1.29 is 18.0 Å². The van der Waals surface area contributed by atoms with Crippen molar-refractivity contribution in [3.63, 3.8) is 0 Å². The first-order chi connectivity index (χ1) is 13.9. The minimum Gasteiger partial charge on any atom is -0.306 e. The van der Waals surface area contributed by atoms with E-state index in [1.807, 2.05) is 5.38 Å². The molecule has 2 aromatic carbocycles. The Balaban J connectivity index is 1.63. The van der Waals surface area contributed by atoms with Gasteiger partial charge >= 0.3 is 0 Å². The molecule has 0 aliphatic heterocycles. The summed E-state index contributed by atoms with van der Waals surface area (Å²) >= 11 is 1.32. The SMILES string of the molecule is Cc1ncc(NC(=O)c2ccc(F)c(F)c2)n1-c1nc(-c2ccc(F)cc2)cs1. The number of halogens is 3. The Morgan fingerprint density at radius 3 is 2.55 bits per heavy atom. The summed E-state index contributed by atoms with van der Waals surface area (Å²) in [6.45, 7) is 1.74. The molecule has 0 atom stereocenters. The van der Waals surface area contributed by atoms with Gasteiger partial charge in [-0.25, -0.2) is 23.1 Å². The lowest BCUT2D eigenvalue weighted by molar-refractivity contribution is 0.102. The molecule has 29 heavy (non-hydrogen) atoms. The largest absolute Gasteiger partial charge is 0.306 e. The maximum absolute atomic E-state index is 13.4. The normalized spacial score (nSPS) is 10.9. The summed E-state index contributed by atoms with van der Waals surface area (Å²) in [5, 5.41) is 4.99. The number of carbonyl (C=O) groups is 1. The van der Waals surface area contributed by atoms with E-state index >= 15 is 0 Å². The molecule has 0 unspecified atom stereocenters. The van der Waals surface area contributed by atoms with Gasteiger partial charge in [-0.05, 0) is 49.4 Å². The number of aromatic nitrogens is 3. The number of nitrogens with one attached hydrogen (secondary N) is 1. The van der Waals surface area contributed by atoms with Crippen molar-refractivity contribution in [1.82, 2.24) is 14.5 Å². The zero-order chi connectivity index (χ0) is 20.5. The molecular weight excluding hydrogens is 401 g/mol. The maximum atomic E-state index is 13.4. The zero-order valence-electron chi connectivity index (χ0n) is 15.0. The van der Waals surface area contributed by atoms with E-state index in [1.165, 1.54) is 35.7 Å². The molecule has 4 aromatic rings. The Morgan fingerprint density at radius 1 is 1.07 bits per heavy atom. The average molecular weight is 414 g/mol. The smallest absolute Gasteiger partial charge is 0.256 e.